The fraction of sp³-hybridized carbons (Fsp3) is 0.353. The van der Waals surface area contributed by atoms with E-state index in [4.69, 9.17) is 4.74 Å². The van der Waals surface area contributed by atoms with Gasteiger partial charge in [-0.1, -0.05) is 27.3 Å². The Morgan fingerprint density at radius 2 is 2.32 bits per heavy atom. The fourth-order valence-electron chi connectivity index (χ4n) is 2.96. The number of aromatic nitrogens is 3. The van der Waals surface area contributed by atoms with Crippen molar-refractivity contribution in [3.8, 4) is 0 Å². The summed E-state index contributed by atoms with van der Waals surface area (Å²) in [7, 11) is 0. The van der Waals surface area contributed by atoms with E-state index in [1.165, 1.54) is 11.3 Å². The Labute approximate surface area is 157 Å². The lowest BCUT2D eigenvalue weighted by Gasteiger charge is -2.05. The molecule has 0 unspecified atom stereocenters. The molecule has 3 heterocycles. The smallest absolute Gasteiger partial charge is 0.227 e. The lowest BCUT2D eigenvalue weighted by molar-refractivity contribution is -0.116. The van der Waals surface area contributed by atoms with Gasteiger partial charge < -0.3 is 14.6 Å². The summed E-state index contributed by atoms with van der Waals surface area (Å²) in [6.07, 6.45) is 4.44. The van der Waals surface area contributed by atoms with Gasteiger partial charge in [-0.05, 0) is 37.1 Å². The topological polar surface area (TPSA) is 69.0 Å². The fourth-order valence-corrected chi connectivity index (χ4v) is 4.18. The highest BCUT2D eigenvalue weighted by Crippen LogP contribution is 2.31. The summed E-state index contributed by atoms with van der Waals surface area (Å²) in [6.45, 7) is 1.39. The number of aryl methyl sites for hydroxylation is 1. The number of ether oxygens (including phenoxy) is 1. The zero-order valence-electron chi connectivity index (χ0n) is 13.4. The van der Waals surface area contributed by atoms with Crippen molar-refractivity contribution in [1.29, 1.82) is 0 Å². The monoisotopic (exact) mass is 420 g/mol. The number of benzene rings is 1. The largest absolute Gasteiger partial charge is 0.371 e. The minimum absolute atomic E-state index is 0.0358. The van der Waals surface area contributed by atoms with E-state index in [0.717, 1.165) is 39.8 Å². The van der Waals surface area contributed by atoms with Gasteiger partial charge in [0.1, 0.15) is 11.1 Å². The molecule has 1 aliphatic heterocycles. The molecule has 4 rings (SSSR count). The number of halogens is 1. The van der Waals surface area contributed by atoms with Crippen LogP contribution in [0.25, 0.3) is 10.9 Å². The van der Waals surface area contributed by atoms with Crippen LogP contribution in [0.5, 0.6) is 0 Å². The molecule has 25 heavy (non-hydrogen) atoms. The van der Waals surface area contributed by atoms with Crippen molar-refractivity contribution in [3.05, 3.63) is 39.9 Å². The van der Waals surface area contributed by atoms with Gasteiger partial charge in [0.05, 0.1) is 0 Å². The molecule has 1 fully saturated rings. The number of hydrogen-bond donors (Lipinski definition) is 1. The number of fused-ring (bicyclic) bond motifs is 1. The number of nitrogens with zero attached hydrogens (tertiary/aromatic N) is 3. The van der Waals surface area contributed by atoms with Gasteiger partial charge >= 0.3 is 0 Å². The number of carbonyl (C=O) groups excluding carboxylic acids is 1. The van der Waals surface area contributed by atoms with E-state index >= 15 is 0 Å². The van der Waals surface area contributed by atoms with Crippen molar-refractivity contribution in [2.75, 3.05) is 11.9 Å². The summed E-state index contributed by atoms with van der Waals surface area (Å²) in [5.74, 6) is -0.0611. The van der Waals surface area contributed by atoms with E-state index in [-0.39, 0.29) is 12.0 Å². The molecule has 1 N–H and O–H groups in total. The zero-order chi connectivity index (χ0) is 17.2. The van der Waals surface area contributed by atoms with Gasteiger partial charge in [-0.25, -0.2) is 0 Å². The van der Waals surface area contributed by atoms with Gasteiger partial charge in [-0.15, -0.1) is 10.2 Å². The molecule has 6 nitrogen and oxygen atoms in total. The van der Waals surface area contributed by atoms with E-state index in [0.29, 0.717) is 18.1 Å². The second kappa shape index (κ2) is 7.23. The quantitative estimate of drug-likeness (QED) is 0.673. The summed E-state index contributed by atoms with van der Waals surface area (Å²) in [4.78, 5) is 12.2. The first kappa shape index (κ1) is 16.7. The molecule has 0 spiro atoms. The summed E-state index contributed by atoms with van der Waals surface area (Å²) >= 11 is 4.87. The molecule has 0 saturated carbocycles. The van der Waals surface area contributed by atoms with E-state index < -0.39 is 0 Å². The highest BCUT2D eigenvalue weighted by molar-refractivity contribution is 9.10. The van der Waals surface area contributed by atoms with Crippen LogP contribution in [0, 0.1) is 0 Å². The van der Waals surface area contributed by atoms with E-state index in [1.54, 1.807) is 0 Å². The molecule has 0 radical (unpaired) electrons. The Kier molecular flexibility index (Phi) is 4.82. The molecule has 8 heteroatoms. The predicted octanol–water partition coefficient (Wildman–Crippen LogP) is 4.14. The normalized spacial score (nSPS) is 17.2. The summed E-state index contributed by atoms with van der Waals surface area (Å²) in [6, 6.07) is 8.18. The molecule has 1 amide bonds. The molecule has 0 bridgehead atoms. The number of nitrogens with one attached hydrogen (secondary N) is 1. The SMILES string of the molecule is O=C(CCn1ccc2cc(Br)ccc21)Nc1nnc([C@H]2CCCO2)s1. The average Bonchev–Trinajstić information content (AvgIpc) is 3.33. The maximum absolute atomic E-state index is 12.2. The molecule has 0 aliphatic carbocycles. The van der Waals surface area contributed by atoms with Crippen LogP contribution in [0.15, 0.2) is 34.9 Å². The lowest BCUT2D eigenvalue weighted by atomic mass is 10.2. The second-order valence-electron chi connectivity index (χ2n) is 5.96. The van der Waals surface area contributed by atoms with Crippen LogP contribution in [0.4, 0.5) is 5.13 Å². The number of rotatable bonds is 5. The molecular weight excluding hydrogens is 404 g/mol. The number of anilines is 1. The van der Waals surface area contributed by atoms with Crippen LogP contribution in [0.1, 0.15) is 30.4 Å². The maximum Gasteiger partial charge on any atom is 0.227 e. The molecule has 1 aromatic carbocycles. The van der Waals surface area contributed by atoms with Crippen molar-refractivity contribution in [2.45, 2.75) is 31.9 Å². The van der Waals surface area contributed by atoms with Gasteiger partial charge in [-0.2, -0.15) is 0 Å². The van der Waals surface area contributed by atoms with Crippen molar-refractivity contribution in [1.82, 2.24) is 14.8 Å². The van der Waals surface area contributed by atoms with E-state index in [2.05, 4.69) is 54.2 Å². The highest BCUT2D eigenvalue weighted by atomic mass is 79.9. The van der Waals surface area contributed by atoms with Gasteiger partial charge in [0.2, 0.25) is 11.0 Å². The number of carbonyl (C=O) groups is 1. The summed E-state index contributed by atoms with van der Waals surface area (Å²) in [5.41, 5.74) is 1.12. The Hall–Kier alpha value is -1.77. The predicted molar refractivity (Wildman–Crippen MR) is 101 cm³/mol. The molecule has 3 aromatic rings. The third kappa shape index (κ3) is 3.75. The molecule has 130 valence electrons. The molecule has 1 aliphatic rings. The third-order valence-electron chi connectivity index (χ3n) is 4.20. The first-order chi connectivity index (χ1) is 12.2. The lowest BCUT2D eigenvalue weighted by Crippen LogP contribution is -2.14. The minimum atomic E-state index is -0.0611. The van der Waals surface area contributed by atoms with Crippen LogP contribution < -0.4 is 5.32 Å². The first-order valence-corrected chi connectivity index (χ1v) is 9.79. The molecule has 1 saturated heterocycles. The number of hydrogen-bond acceptors (Lipinski definition) is 5. The molecule has 1 atom stereocenters. The summed E-state index contributed by atoms with van der Waals surface area (Å²) in [5, 5.41) is 13.5. The average molecular weight is 421 g/mol. The van der Waals surface area contributed by atoms with Crippen LogP contribution in [-0.4, -0.2) is 27.3 Å². The van der Waals surface area contributed by atoms with Gasteiger partial charge in [-0.3, -0.25) is 4.79 Å². The molecule has 2 aromatic heterocycles. The minimum Gasteiger partial charge on any atom is -0.371 e. The first-order valence-electron chi connectivity index (χ1n) is 8.18. The standard InChI is InChI=1S/C17H17BrN4O2S/c18-12-3-4-13-11(10-12)5-7-22(13)8-6-15(23)19-17-21-20-16(25-17)14-2-1-9-24-14/h3-5,7,10,14H,1-2,6,8-9H2,(H,19,21,23)/t14-/m1/s1. The second-order valence-corrected chi connectivity index (χ2v) is 7.88. The maximum atomic E-state index is 12.2. The van der Waals surface area contributed by atoms with Crippen LogP contribution in [0.2, 0.25) is 0 Å². The third-order valence-corrected chi connectivity index (χ3v) is 5.63. The van der Waals surface area contributed by atoms with Crippen molar-refractivity contribution < 1.29 is 9.53 Å². The Balaban J connectivity index is 1.35. The zero-order valence-corrected chi connectivity index (χ0v) is 15.8. The van der Waals surface area contributed by atoms with Gasteiger partial charge in [0.25, 0.3) is 0 Å². The van der Waals surface area contributed by atoms with E-state index in [9.17, 15) is 4.79 Å². The van der Waals surface area contributed by atoms with Gasteiger partial charge in [0.15, 0.2) is 0 Å². The Morgan fingerprint density at radius 1 is 1.40 bits per heavy atom. The van der Waals surface area contributed by atoms with Crippen molar-refractivity contribution in [3.63, 3.8) is 0 Å². The van der Waals surface area contributed by atoms with Crippen LogP contribution in [0.3, 0.4) is 0 Å². The van der Waals surface area contributed by atoms with Gasteiger partial charge in [0, 0.05) is 41.1 Å². The highest BCUT2D eigenvalue weighted by Gasteiger charge is 2.22. The van der Waals surface area contributed by atoms with Crippen LogP contribution >= 0.6 is 27.3 Å². The van der Waals surface area contributed by atoms with Crippen molar-refractivity contribution in [2.24, 2.45) is 0 Å². The summed E-state index contributed by atoms with van der Waals surface area (Å²) < 4.78 is 8.72. The van der Waals surface area contributed by atoms with Crippen molar-refractivity contribution >= 4 is 49.2 Å². The van der Waals surface area contributed by atoms with E-state index in [1.807, 2.05) is 12.3 Å². The Morgan fingerprint density at radius 3 is 3.16 bits per heavy atom. The number of amides is 1. The molecular formula is C17H17BrN4O2S. The van der Waals surface area contributed by atoms with Crippen LogP contribution in [-0.2, 0) is 16.1 Å². The Bertz CT molecular complexity index is 901.